The minimum atomic E-state index is -0.830. The Morgan fingerprint density at radius 3 is 2.76 bits per heavy atom. The Morgan fingerprint density at radius 2 is 2.00 bits per heavy atom. The van der Waals surface area contributed by atoms with E-state index in [2.05, 4.69) is 20.3 Å². The molecule has 0 unspecified atom stereocenters. The summed E-state index contributed by atoms with van der Waals surface area (Å²) in [4.78, 5) is 31.6. The zero-order chi connectivity index (χ0) is 22.8. The molecule has 5 rings (SSSR count). The summed E-state index contributed by atoms with van der Waals surface area (Å²) in [5, 5.41) is 3.09. The first-order valence-corrected chi connectivity index (χ1v) is 11.0. The molecule has 1 amide bonds. The van der Waals surface area contributed by atoms with Gasteiger partial charge in [-0.15, -0.1) is 0 Å². The zero-order valence-corrected chi connectivity index (χ0v) is 18.4. The lowest BCUT2D eigenvalue weighted by Gasteiger charge is -2.37. The lowest BCUT2D eigenvalue weighted by molar-refractivity contribution is -0.126. The van der Waals surface area contributed by atoms with Gasteiger partial charge in [-0.1, -0.05) is 25.3 Å². The van der Waals surface area contributed by atoms with Crippen LogP contribution in [0.4, 0.5) is 11.5 Å². The maximum absolute atomic E-state index is 13.8. The maximum Gasteiger partial charge on any atom is 0.250 e. The molecule has 1 aromatic carbocycles. The number of ether oxygens (including phenoxy) is 1. The number of carbonyl (C=O) groups excluding carboxylic acids is 1. The Balaban J connectivity index is 1.60. The van der Waals surface area contributed by atoms with Crippen molar-refractivity contribution in [2.75, 3.05) is 18.2 Å². The number of hydrogen-bond donors (Lipinski definition) is 2. The van der Waals surface area contributed by atoms with Gasteiger partial charge in [0.25, 0.3) is 5.91 Å². The number of nitrogens with two attached hydrogens (primary N) is 1. The van der Waals surface area contributed by atoms with E-state index in [0.717, 1.165) is 24.8 Å². The average molecular weight is 444 g/mol. The number of hydrogen-bond acceptors (Lipinski definition) is 7. The number of pyridine rings is 1. The summed E-state index contributed by atoms with van der Waals surface area (Å²) < 4.78 is 7.19. The molecule has 0 aliphatic heterocycles. The lowest BCUT2D eigenvalue weighted by Crippen LogP contribution is -2.46. The molecule has 1 aliphatic carbocycles. The first kappa shape index (κ1) is 20.9. The first-order chi connectivity index (χ1) is 16.1. The molecule has 1 fully saturated rings. The number of benzene rings is 1. The second-order valence-electron chi connectivity index (χ2n) is 8.24. The number of nitrogen functional groups attached to an aromatic ring is 1. The van der Waals surface area contributed by atoms with Gasteiger partial charge in [0.15, 0.2) is 17.3 Å². The van der Waals surface area contributed by atoms with Crippen LogP contribution in [0.5, 0.6) is 5.75 Å². The van der Waals surface area contributed by atoms with Crippen molar-refractivity contribution in [2.45, 2.75) is 37.6 Å². The molecule has 9 heteroatoms. The molecule has 9 nitrogen and oxygen atoms in total. The molecule has 3 N–H and O–H groups in total. The number of aromatic nitrogens is 5. The number of methoxy groups -OCH3 is 1. The standard InChI is InChI=1S/C24H25N7O2/c1-33-18-9-5-8-17(13-18)28-23(32)24(10-3-2-4-11-24)31-15-27-19-20(25)29-21(30-22(19)31)16-7-6-12-26-14-16/h5-9,12-15H,2-4,10-11H2,1H3,(H,28,32)(H2,25,29,30). The number of fused-ring (bicyclic) bond motifs is 1. The van der Waals surface area contributed by atoms with Crippen molar-refractivity contribution < 1.29 is 9.53 Å². The number of carbonyl (C=O) groups is 1. The van der Waals surface area contributed by atoms with Crippen molar-refractivity contribution >= 4 is 28.6 Å². The average Bonchev–Trinajstić information content (AvgIpc) is 3.30. The smallest absolute Gasteiger partial charge is 0.250 e. The van der Waals surface area contributed by atoms with E-state index in [1.807, 2.05) is 34.9 Å². The Hall–Kier alpha value is -4.01. The van der Waals surface area contributed by atoms with E-state index in [1.54, 1.807) is 31.9 Å². The second-order valence-corrected chi connectivity index (χ2v) is 8.24. The molecule has 33 heavy (non-hydrogen) atoms. The Morgan fingerprint density at radius 1 is 1.15 bits per heavy atom. The van der Waals surface area contributed by atoms with Crippen LogP contribution in [0, 0.1) is 0 Å². The predicted molar refractivity (Wildman–Crippen MR) is 126 cm³/mol. The third kappa shape index (κ3) is 3.75. The van der Waals surface area contributed by atoms with Gasteiger partial charge in [0, 0.05) is 29.7 Å². The molecule has 3 aromatic heterocycles. The van der Waals surface area contributed by atoms with E-state index >= 15 is 0 Å². The molecule has 168 valence electrons. The summed E-state index contributed by atoms with van der Waals surface area (Å²) in [6, 6.07) is 11.0. The largest absolute Gasteiger partial charge is 0.497 e. The molecule has 0 saturated heterocycles. The molecular formula is C24H25N7O2. The van der Waals surface area contributed by atoms with Crippen LogP contribution in [0.15, 0.2) is 55.1 Å². The number of amides is 1. The van der Waals surface area contributed by atoms with E-state index < -0.39 is 5.54 Å². The van der Waals surface area contributed by atoms with Gasteiger partial charge in [0.1, 0.15) is 16.8 Å². The van der Waals surface area contributed by atoms with Crippen molar-refractivity contribution in [3.63, 3.8) is 0 Å². The molecule has 0 radical (unpaired) electrons. The maximum atomic E-state index is 13.8. The summed E-state index contributed by atoms with van der Waals surface area (Å²) in [6.07, 6.45) is 9.35. The fraction of sp³-hybridized carbons (Fsp3) is 0.292. The van der Waals surface area contributed by atoms with Crippen LogP contribution in [0.25, 0.3) is 22.6 Å². The minimum absolute atomic E-state index is 0.102. The van der Waals surface area contributed by atoms with E-state index in [9.17, 15) is 4.79 Å². The molecule has 1 saturated carbocycles. The van der Waals surface area contributed by atoms with Crippen LogP contribution in [0.2, 0.25) is 0 Å². The number of nitrogens with zero attached hydrogens (tertiary/aromatic N) is 5. The van der Waals surface area contributed by atoms with Gasteiger partial charge in [0.2, 0.25) is 0 Å². The number of rotatable bonds is 5. The Kier molecular flexibility index (Phi) is 5.37. The lowest BCUT2D eigenvalue weighted by atomic mass is 9.80. The second kappa shape index (κ2) is 8.50. The van der Waals surface area contributed by atoms with Gasteiger partial charge >= 0.3 is 0 Å². The van der Waals surface area contributed by atoms with Crippen LogP contribution in [-0.2, 0) is 10.3 Å². The van der Waals surface area contributed by atoms with Crippen LogP contribution in [-0.4, -0.2) is 37.5 Å². The van der Waals surface area contributed by atoms with Crippen LogP contribution >= 0.6 is 0 Å². The minimum Gasteiger partial charge on any atom is -0.497 e. The Bertz CT molecular complexity index is 1300. The highest BCUT2D eigenvalue weighted by Gasteiger charge is 2.43. The van der Waals surface area contributed by atoms with E-state index in [1.165, 1.54) is 0 Å². The zero-order valence-electron chi connectivity index (χ0n) is 18.4. The molecule has 4 aromatic rings. The highest BCUT2D eigenvalue weighted by Crippen LogP contribution is 2.39. The van der Waals surface area contributed by atoms with Crippen molar-refractivity contribution in [3.05, 3.63) is 55.1 Å². The van der Waals surface area contributed by atoms with Crippen molar-refractivity contribution in [3.8, 4) is 17.1 Å². The SMILES string of the molecule is COc1cccc(NC(=O)C2(n3cnc4c(N)nc(-c5cccnc5)nc43)CCCCC2)c1. The van der Waals surface area contributed by atoms with Gasteiger partial charge < -0.3 is 15.8 Å². The van der Waals surface area contributed by atoms with E-state index in [-0.39, 0.29) is 11.7 Å². The van der Waals surface area contributed by atoms with Crippen LogP contribution in [0.3, 0.4) is 0 Å². The number of anilines is 2. The monoisotopic (exact) mass is 443 g/mol. The van der Waals surface area contributed by atoms with E-state index in [4.69, 9.17) is 15.5 Å². The first-order valence-electron chi connectivity index (χ1n) is 11.0. The number of nitrogens with one attached hydrogen (secondary N) is 1. The normalized spacial score (nSPS) is 15.3. The van der Waals surface area contributed by atoms with Gasteiger partial charge in [-0.2, -0.15) is 0 Å². The molecule has 1 aliphatic rings. The van der Waals surface area contributed by atoms with Gasteiger partial charge in [-0.05, 0) is 37.1 Å². The fourth-order valence-electron chi connectivity index (χ4n) is 4.52. The summed E-state index contributed by atoms with van der Waals surface area (Å²) in [7, 11) is 1.60. The molecular weight excluding hydrogens is 418 g/mol. The number of imidazole rings is 1. The fourth-order valence-corrected chi connectivity index (χ4v) is 4.52. The van der Waals surface area contributed by atoms with Gasteiger partial charge in [-0.25, -0.2) is 15.0 Å². The molecule has 0 spiro atoms. The van der Waals surface area contributed by atoms with Gasteiger partial charge in [0.05, 0.1) is 13.4 Å². The van der Waals surface area contributed by atoms with Crippen LogP contribution < -0.4 is 15.8 Å². The molecule has 3 heterocycles. The molecule has 0 bridgehead atoms. The third-order valence-electron chi connectivity index (χ3n) is 6.23. The Labute approximate surface area is 191 Å². The van der Waals surface area contributed by atoms with Crippen molar-refractivity contribution in [2.24, 2.45) is 0 Å². The summed E-state index contributed by atoms with van der Waals surface area (Å²) in [5.74, 6) is 1.31. The highest BCUT2D eigenvalue weighted by atomic mass is 16.5. The molecule has 0 atom stereocenters. The van der Waals surface area contributed by atoms with Crippen LogP contribution in [0.1, 0.15) is 32.1 Å². The third-order valence-corrected chi connectivity index (χ3v) is 6.23. The highest BCUT2D eigenvalue weighted by molar-refractivity contribution is 5.98. The quantitative estimate of drug-likeness (QED) is 0.481. The van der Waals surface area contributed by atoms with Crippen molar-refractivity contribution in [1.82, 2.24) is 24.5 Å². The van der Waals surface area contributed by atoms with E-state index in [0.29, 0.717) is 41.3 Å². The summed E-state index contributed by atoms with van der Waals surface area (Å²) in [6.45, 7) is 0. The topological polar surface area (TPSA) is 121 Å². The predicted octanol–water partition coefficient (Wildman–Crippen LogP) is 3.78. The summed E-state index contributed by atoms with van der Waals surface area (Å²) >= 11 is 0. The van der Waals surface area contributed by atoms with Crippen molar-refractivity contribution in [1.29, 1.82) is 0 Å². The summed E-state index contributed by atoms with van der Waals surface area (Å²) in [5.41, 5.74) is 7.88. The van der Waals surface area contributed by atoms with Gasteiger partial charge in [-0.3, -0.25) is 14.3 Å².